The highest BCUT2D eigenvalue weighted by Crippen LogP contribution is 2.44. The zero-order chi connectivity index (χ0) is 23.0. The fraction of sp³-hybridized carbons (Fsp3) is 0.214. The maximum atomic E-state index is 12.2. The van der Waals surface area contributed by atoms with Gasteiger partial charge in [0, 0.05) is 24.4 Å². The highest BCUT2D eigenvalue weighted by atomic mass is 16.5. The van der Waals surface area contributed by atoms with Crippen molar-refractivity contribution in [3.05, 3.63) is 95.1 Å². The second-order valence-corrected chi connectivity index (χ2v) is 7.60. The molecule has 0 spiro atoms. The summed E-state index contributed by atoms with van der Waals surface area (Å²) in [6.07, 6.45) is 0.0431. The van der Waals surface area contributed by atoms with Crippen molar-refractivity contribution < 1.29 is 19.1 Å². The molecule has 0 aromatic heterocycles. The minimum absolute atomic E-state index is 0.0421. The zero-order valence-corrected chi connectivity index (χ0v) is 18.5. The molecule has 0 heterocycles. The van der Waals surface area contributed by atoms with Gasteiger partial charge in [0.2, 0.25) is 0 Å². The van der Waals surface area contributed by atoms with Gasteiger partial charge in [0.15, 0.2) is 0 Å². The predicted molar refractivity (Wildman–Crippen MR) is 127 cm³/mol. The summed E-state index contributed by atoms with van der Waals surface area (Å²) >= 11 is 0. The largest absolute Gasteiger partial charge is 0.462 e. The van der Waals surface area contributed by atoms with Gasteiger partial charge in [0.05, 0.1) is 12.2 Å². The van der Waals surface area contributed by atoms with Gasteiger partial charge < -0.3 is 14.8 Å². The third-order valence-electron chi connectivity index (χ3n) is 5.49. The maximum Gasteiger partial charge on any atom is 0.407 e. The van der Waals surface area contributed by atoms with Gasteiger partial charge >= 0.3 is 12.1 Å². The van der Waals surface area contributed by atoms with Crippen LogP contribution in [0.5, 0.6) is 0 Å². The quantitative estimate of drug-likeness (QED) is 0.328. The van der Waals surface area contributed by atoms with E-state index < -0.39 is 6.09 Å². The first-order valence-corrected chi connectivity index (χ1v) is 11.0. The minimum Gasteiger partial charge on any atom is -0.462 e. The molecule has 0 aliphatic heterocycles. The van der Waals surface area contributed by atoms with Crippen molar-refractivity contribution in [3.63, 3.8) is 0 Å². The van der Waals surface area contributed by atoms with E-state index in [9.17, 15) is 9.59 Å². The maximum absolute atomic E-state index is 12.2. The summed E-state index contributed by atoms with van der Waals surface area (Å²) in [5.74, 6) is 5.74. The predicted octanol–water partition coefficient (Wildman–Crippen LogP) is 5.14. The summed E-state index contributed by atoms with van der Waals surface area (Å²) < 4.78 is 10.5. The Bertz CT molecular complexity index is 1160. The fourth-order valence-electron chi connectivity index (χ4n) is 3.95. The van der Waals surface area contributed by atoms with Crippen molar-refractivity contribution in [2.45, 2.75) is 19.3 Å². The number of fused-ring (bicyclic) bond motifs is 3. The molecular weight excluding hydrogens is 414 g/mol. The van der Waals surface area contributed by atoms with Crippen LogP contribution in [0.25, 0.3) is 11.1 Å². The fourth-order valence-corrected chi connectivity index (χ4v) is 3.95. The second kappa shape index (κ2) is 10.5. The van der Waals surface area contributed by atoms with E-state index in [1.807, 2.05) is 24.3 Å². The summed E-state index contributed by atoms with van der Waals surface area (Å²) in [6, 6.07) is 23.4. The van der Waals surface area contributed by atoms with Gasteiger partial charge in [-0.25, -0.2) is 9.59 Å². The second-order valence-electron chi connectivity index (χ2n) is 7.60. The summed E-state index contributed by atoms with van der Waals surface area (Å²) in [5, 5.41) is 2.75. The molecular formula is C28H25NO4. The van der Waals surface area contributed by atoms with Gasteiger partial charge in [-0.05, 0) is 53.4 Å². The summed E-state index contributed by atoms with van der Waals surface area (Å²) in [7, 11) is 0. The SMILES string of the molecule is CCOC(=O)c1ccc(C#CCCNC(=O)OCC2c3ccccc3-c3ccccc32)cc1. The Morgan fingerprint density at radius 2 is 1.52 bits per heavy atom. The third-order valence-corrected chi connectivity index (χ3v) is 5.49. The van der Waals surface area contributed by atoms with Crippen molar-refractivity contribution in [1.82, 2.24) is 5.32 Å². The Morgan fingerprint density at radius 3 is 2.15 bits per heavy atom. The van der Waals surface area contributed by atoms with Gasteiger partial charge in [0.1, 0.15) is 6.61 Å². The average Bonchev–Trinajstić information content (AvgIpc) is 3.17. The summed E-state index contributed by atoms with van der Waals surface area (Å²) in [6.45, 7) is 2.80. The van der Waals surface area contributed by atoms with E-state index in [0.717, 1.165) is 5.56 Å². The monoisotopic (exact) mass is 439 g/mol. The molecule has 5 heteroatoms. The van der Waals surface area contributed by atoms with E-state index in [1.54, 1.807) is 31.2 Å². The van der Waals surface area contributed by atoms with E-state index in [4.69, 9.17) is 9.47 Å². The molecule has 3 aromatic rings. The van der Waals surface area contributed by atoms with Crippen molar-refractivity contribution in [1.29, 1.82) is 0 Å². The molecule has 1 aliphatic carbocycles. The Morgan fingerprint density at radius 1 is 0.879 bits per heavy atom. The number of ether oxygens (including phenoxy) is 2. The molecule has 0 saturated heterocycles. The lowest BCUT2D eigenvalue weighted by molar-refractivity contribution is 0.0526. The smallest absolute Gasteiger partial charge is 0.407 e. The van der Waals surface area contributed by atoms with Gasteiger partial charge in [-0.2, -0.15) is 0 Å². The molecule has 0 radical (unpaired) electrons. The van der Waals surface area contributed by atoms with E-state index >= 15 is 0 Å². The lowest BCUT2D eigenvalue weighted by Gasteiger charge is -2.14. The lowest BCUT2D eigenvalue weighted by atomic mass is 9.98. The molecule has 3 aromatic carbocycles. The van der Waals surface area contributed by atoms with Crippen molar-refractivity contribution >= 4 is 12.1 Å². The van der Waals surface area contributed by atoms with E-state index in [-0.39, 0.29) is 11.9 Å². The molecule has 0 saturated carbocycles. The van der Waals surface area contributed by atoms with Crippen LogP contribution in [0.4, 0.5) is 4.79 Å². The van der Waals surface area contributed by atoms with E-state index in [1.165, 1.54) is 22.3 Å². The standard InChI is InChI=1S/C28H25NO4/c1-2-32-27(30)21-16-14-20(15-17-21)9-7-8-18-29-28(31)33-19-26-24-12-5-3-10-22(24)23-11-4-6-13-25(23)26/h3-6,10-17,26H,2,8,18-19H2,1H3,(H,29,31). The Balaban J connectivity index is 1.24. The van der Waals surface area contributed by atoms with Gasteiger partial charge in [-0.3, -0.25) is 0 Å². The number of hydrogen-bond donors (Lipinski definition) is 1. The topological polar surface area (TPSA) is 64.6 Å². The van der Waals surface area contributed by atoms with Gasteiger partial charge in [-0.1, -0.05) is 60.4 Å². The first-order chi connectivity index (χ1) is 16.2. The van der Waals surface area contributed by atoms with E-state index in [2.05, 4.69) is 41.4 Å². The summed E-state index contributed by atoms with van der Waals surface area (Å²) in [4.78, 5) is 23.9. The number of carbonyl (C=O) groups is 2. The molecule has 1 aliphatic rings. The first kappa shape index (κ1) is 22.2. The molecule has 166 valence electrons. The number of benzene rings is 3. The zero-order valence-electron chi connectivity index (χ0n) is 18.5. The van der Waals surface area contributed by atoms with Gasteiger partial charge in [-0.15, -0.1) is 0 Å². The van der Waals surface area contributed by atoms with Crippen LogP contribution in [0.15, 0.2) is 72.8 Å². The molecule has 1 amide bonds. The minimum atomic E-state index is -0.447. The Labute approximate surface area is 193 Å². The molecule has 0 atom stereocenters. The Hall–Kier alpha value is -4.04. The van der Waals surface area contributed by atoms with Crippen LogP contribution in [0.1, 0.15) is 46.3 Å². The van der Waals surface area contributed by atoms with Crippen molar-refractivity contribution in [3.8, 4) is 23.0 Å². The molecule has 0 bridgehead atoms. The van der Waals surface area contributed by atoms with E-state index in [0.29, 0.717) is 31.7 Å². The molecule has 0 unspecified atom stereocenters. The summed E-state index contributed by atoms with van der Waals surface area (Å²) in [5.41, 5.74) is 6.07. The third kappa shape index (κ3) is 5.24. The van der Waals surface area contributed by atoms with Crippen LogP contribution < -0.4 is 5.32 Å². The molecule has 4 rings (SSSR count). The van der Waals surface area contributed by atoms with Gasteiger partial charge in [0.25, 0.3) is 0 Å². The first-order valence-electron chi connectivity index (χ1n) is 11.0. The van der Waals surface area contributed by atoms with Crippen molar-refractivity contribution in [2.75, 3.05) is 19.8 Å². The number of nitrogens with one attached hydrogen (secondary N) is 1. The highest BCUT2D eigenvalue weighted by Gasteiger charge is 2.28. The van der Waals surface area contributed by atoms with Crippen LogP contribution in [-0.4, -0.2) is 31.8 Å². The number of rotatable bonds is 6. The normalized spacial score (nSPS) is 11.5. The van der Waals surface area contributed by atoms with Crippen LogP contribution in [-0.2, 0) is 9.47 Å². The number of alkyl carbamates (subject to hydrolysis) is 1. The highest BCUT2D eigenvalue weighted by molar-refractivity contribution is 5.89. The number of esters is 1. The molecule has 1 N–H and O–H groups in total. The van der Waals surface area contributed by atoms with Crippen LogP contribution >= 0.6 is 0 Å². The molecule has 33 heavy (non-hydrogen) atoms. The number of amides is 1. The van der Waals surface area contributed by atoms with Crippen molar-refractivity contribution in [2.24, 2.45) is 0 Å². The van der Waals surface area contributed by atoms with Crippen LogP contribution in [0, 0.1) is 11.8 Å². The van der Waals surface area contributed by atoms with Crippen LogP contribution in [0.2, 0.25) is 0 Å². The average molecular weight is 440 g/mol. The number of carbonyl (C=O) groups excluding carboxylic acids is 2. The molecule has 5 nitrogen and oxygen atoms in total. The van der Waals surface area contributed by atoms with Crippen LogP contribution in [0.3, 0.4) is 0 Å². The lowest BCUT2D eigenvalue weighted by Crippen LogP contribution is -2.26. The Kier molecular flexibility index (Phi) is 7.06. The molecule has 0 fully saturated rings. The number of hydrogen-bond acceptors (Lipinski definition) is 4.